The summed E-state index contributed by atoms with van der Waals surface area (Å²) in [6, 6.07) is 11.7. The van der Waals surface area contributed by atoms with Crippen molar-refractivity contribution in [3.63, 3.8) is 0 Å². The van der Waals surface area contributed by atoms with Crippen molar-refractivity contribution in [2.24, 2.45) is 0 Å². The average Bonchev–Trinajstić information content (AvgIpc) is 2.61. The summed E-state index contributed by atoms with van der Waals surface area (Å²) in [5, 5.41) is 0. The molecule has 0 aliphatic rings. The number of nitrogen functional groups attached to an aromatic ring is 2. The highest BCUT2D eigenvalue weighted by molar-refractivity contribution is 5.75. The maximum Gasteiger partial charge on any atom is 0.221 e. The van der Waals surface area contributed by atoms with E-state index in [9.17, 15) is 4.39 Å². The molecule has 7 heteroatoms. The van der Waals surface area contributed by atoms with Gasteiger partial charge in [-0.1, -0.05) is 24.3 Å². The molecule has 1 heterocycles. The molecular formula is C18H17FN4O2. The monoisotopic (exact) mass is 340 g/mol. The summed E-state index contributed by atoms with van der Waals surface area (Å²) < 4.78 is 24.7. The summed E-state index contributed by atoms with van der Waals surface area (Å²) in [6.45, 7) is 0.0928. The Labute approximate surface area is 144 Å². The van der Waals surface area contributed by atoms with Gasteiger partial charge in [-0.2, -0.15) is 4.98 Å². The molecule has 25 heavy (non-hydrogen) atoms. The molecular weight excluding hydrogens is 323 g/mol. The van der Waals surface area contributed by atoms with Crippen molar-refractivity contribution in [2.75, 3.05) is 18.6 Å². The fourth-order valence-corrected chi connectivity index (χ4v) is 2.36. The van der Waals surface area contributed by atoms with Gasteiger partial charge in [-0.3, -0.25) is 0 Å². The molecule has 3 aromatic rings. The highest BCUT2D eigenvalue weighted by Gasteiger charge is 2.11. The van der Waals surface area contributed by atoms with Crippen LogP contribution in [-0.4, -0.2) is 17.1 Å². The van der Waals surface area contributed by atoms with Crippen LogP contribution in [0.5, 0.6) is 11.5 Å². The van der Waals surface area contributed by atoms with E-state index in [2.05, 4.69) is 9.97 Å². The van der Waals surface area contributed by atoms with Gasteiger partial charge in [0.1, 0.15) is 18.2 Å². The second-order valence-corrected chi connectivity index (χ2v) is 5.27. The molecule has 0 radical (unpaired) electrons. The van der Waals surface area contributed by atoms with Crippen LogP contribution in [0.25, 0.3) is 11.1 Å². The molecule has 0 saturated carbocycles. The third-order valence-electron chi connectivity index (χ3n) is 3.65. The molecule has 0 spiro atoms. The lowest BCUT2D eigenvalue weighted by atomic mass is 10.1. The van der Waals surface area contributed by atoms with Gasteiger partial charge in [0.2, 0.25) is 5.95 Å². The standard InChI is InChI=1S/C18H17FN4O2/c1-24-16-8-11(13-9-22-18(21)23-17(13)20)6-7-15(16)25-10-12-4-2-3-5-14(12)19/h2-9H,10H2,1H3,(H4,20,21,22,23). The minimum Gasteiger partial charge on any atom is -0.493 e. The highest BCUT2D eigenvalue weighted by Crippen LogP contribution is 2.34. The number of methoxy groups -OCH3 is 1. The molecule has 1 aromatic heterocycles. The molecule has 0 aliphatic carbocycles. The van der Waals surface area contributed by atoms with Crippen LogP contribution in [0.15, 0.2) is 48.7 Å². The van der Waals surface area contributed by atoms with Crippen molar-refractivity contribution in [1.82, 2.24) is 9.97 Å². The lowest BCUT2D eigenvalue weighted by molar-refractivity contribution is 0.280. The summed E-state index contributed by atoms with van der Waals surface area (Å²) in [6.07, 6.45) is 1.55. The van der Waals surface area contributed by atoms with Crippen molar-refractivity contribution in [2.45, 2.75) is 6.61 Å². The first kappa shape index (κ1) is 16.5. The highest BCUT2D eigenvalue weighted by atomic mass is 19.1. The van der Waals surface area contributed by atoms with Crippen molar-refractivity contribution in [3.8, 4) is 22.6 Å². The Bertz CT molecular complexity index is 902. The normalized spacial score (nSPS) is 10.5. The van der Waals surface area contributed by atoms with E-state index >= 15 is 0 Å². The molecule has 2 aromatic carbocycles. The molecule has 0 bridgehead atoms. The molecule has 0 atom stereocenters. The quantitative estimate of drug-likeness (QED) is 0.741. The maximum atomic E-state index is 13.7. The molecule has 0 unspecified atom stereocenters. The van der Waals surface area contributed by atoms with E-state index in [-0.39, 0.29) is 24.2 Å². The van der Waals surface area contributed by atoms with Crippen LogP contribution in [0.3, 0.4) is 0 Å². The minimum absolute atomic E-state index is 0.0928. The SMILES string of the molecule is COc1cc(-c2cnc(N)nc2N)ccc1OCc1ccccc1F. The molecule has 3 rings (SSSR count). The Morgan fingerprint density at radius 2 is 1.88 bits per heavy atom. The molecule has 0 amide bonds. The number of rotatable bonds is 5. The number of anilines is 2. The van der Waals surface area contributed by atoms with Crippen LogP contribution in [0.4, 0.5) is 16.2 Å². The molecule has 0 saturated heterocycles. The molecule has 0 fully saturated rings. The van der Waals surface area contributed by atoms with Crippen molar-refractivity contribution < 1.29 is 13.9 Å². The lowest BCUT2D eigenvalue weighted by Gasteiger charge is -2.13. The van der Waals surface area contributed by atoms with Crippen LogP contribution in [0, 0.1) is 5.82 Å². The topological polar surface area (TPSA) is 96.3 Å². The first-order chi connectivity index (χ1) is 12.1. The minimum atomic E-state index is -0.315. The van der Waals surface area contributed by atoms with Crippen LogP contribution >= 0.6 is 0 Å². The Morgan fingerprint density at radius 3 is 2.60 bits per heavy atom. The maximum absolute atomic E-state index is 13.7. The fourth-order valence-electron chi connectivity index (χ4n) is 2.36. The number of halogens is 1. The second-order valence-electron chi connectivity index (χ2n) is 5.27. The van der Waals surface area contributed by atoms with Gasteiger partial charge in [0.15, 0.2) is 11.5 Å². The predicted octanol–water partition coefficient (Wildman–Crippen LogP) is 3.03. The van der Waals surface area contributed by atoms with Gasteiger partial charge in [-0.05, 0) is 23.8 Å². The Kier molecular flexibility index (Phi) is 4.65. The van der Waals surface area contributed by atoms with Gasteiger partial charge in [0.05, 0.1) is 7.11 Å². The first-order valence-corrected chi connectivity index (χ1v) is 7.51. The summed E-state index contributed by atoms with van der Waals surface area (Å²) in [7, 11) is 1.53. The van der Waals surface area contributed by atoms with Crippen molar-refractivity contribution >= 4 is 11.8 Å². The van der Waals surface area contributed by atoms with E-state index in [1.807, 2.05) is 0 Å². The van der Waals surface area contributed by atoms with Crippen LogP contribution < -0.4 is 20.9 Å². The van der Waals surface area contributed by atoms with E-state index in [1.165, 1.54) is 13.2 Å². The Hall–Kier alpha value is -3.35. The van der Waals surface area contributed by atoms with Gasteiger partial charge < -0.3 is 20.9 Å². The molecule has 0 aliphatic heterocycles. The summed E-state index contributed by atoms with van der Waals surface area (Å²) >= 11 is 0. The summed E-state index contributed by atoms with van der Waals surface area (Å²) in [4.78, 5) is 7.90. The Morgan fingerprint density at radius 1 is 1.08 bits per heavy atom. The predicted molar refractivity (Wildman–Crippen MR) is 93.6 cm³/mol. The average molecular weight is 340 g/mol. The summed E-state index contributed by atoms with van der Waals surface area (Å²) in [5.74, 6) is 1.05. The summed E-state index contributed by atoms with van der Waals surface area (Å²) in [5.41, 5.74) is 13.3. The van der Waals surface area contributed by atoms with Gasteiger partial charge in [-0.25, -0.2) is 9.37 Å². The van der Waals surface area contributed by atoms with Crippen LogP contribution in [-0.2, 0) is 6.61 Å². The van der Waals surface area contributed by atoms with E-state index in [0.717, 1.165) is 5.56 Å². The van der Waals surface area contributed by atoms with E-state index < -0.39 is 0 Å². The molecule has 4 N–H and O–H groups in total. The zero-order valence-corrected chi connectivity index (χ0v) is 13.6. The second kappa shape index (κ2) is 7.04. The van der Waals surface area contributed by atoms with E-state index in [0.29, 0.717) is 22.6 Å². The van der Waals surface area contributed by atoms with Gasteiger partial charge in [0, 0.05) is 17.3 Å². The zero-order valence-electron chi connectivity index (χ0n) is 13.6. The molecule has 128 valence electrons. The third-order valence-corrected chi connectivity index (χ3v) is 3.65. The van der Waals surface area contributed by atoms with E-state index in [4.69, 9.17) is 20.9 Å². The smallest absolute Gasteiger partial charge is 0.221 e. The van der Waals surface area contributed by atoms with Gasteiger partial charge in [0.25, 0.3) is 0 Å². The number of benzene rings is 2. The van der Waals surface area contributed by atoms with Gasteiger partial charge in [-0.15, -0.1) is 0 Å². The van der Waals surface area contributed by atoms with Crippen LogP contribution in [0.1, 0.15) is 5.56 Å². The number of hydrogen-bond donors (Lipinski definition) is 2. The number of aromatic nitrogens is 2. The lowest BCUT2D eigenvalue weighted by Crippen LogP contribution is -2.02. The largest absolute Gasteiger partial charge is 0.493 e. The number of ether oxygens (including phenoxy) is 2. The Balaban J connectivity index is 1.86. The number of hydrogen-bond acceptors (Lipinski definition) is 6. The van der Waals surface area contributed by atoms with Crippen LogP contribution in [0.2, 0.25) is 0 Å². The third kappa shape index (κ3) is 3.60. The van der Waals surface area contributed by atoms with Crippen molar-refractivity contribution in [1.29, 1.82) is 0 Å². The first-order valence-electron chi connectivity index (χ1n) is 7.51. The van der Waals surface area contributed by atoms with E-state index in [1.54, 1.807) is 42.6 Å². The fraction of sp³-hybridized carbons (Fsp3) is 0.111. The molecule has 6 nitrogen and oxygen atoms in total. The van der Waals surface area contributed by atoms with Crippen molar-refractivity contribution in [3.05, 3.63) is 60.0 Å². The number of nitrogens with two attached hydrogens (primary N) is 2. The van der Waals surface area contributed by atoms with Gasteiger partial charge >= 0.3 is 0 Å². The number of nitrogens with zero attached hydrogens (tertiary/aromatic N) is 2. The zero-order chi connectivity index (χ0) is 17.8.